The minimum absolute atomic E-state index is 0.758. The summed E-state index contributed by atoms with van der Waals surface area (Å²) in [5, 5.41) is 9.73. The average Bonchev–Trinajstić information content (AvgIpc) is 3.58. The summed E-state index contributed by atoms with van der Waals surface area (Å²) in [4.78, 5) is 0. The average molecular weight is 708 g/mol. The monoisotopic (exact) mass is 707 g/mol. The van der Waals surface area contributed by atoms with Gasteiger partial charge in [-0.25, -0.2) is 0 Å². The van der Waals surface area contributed by atoms with Gasteiger partial charge in [0.05, 0.1) is 11.0 Å². The zero-order valence-electron chi connectivity index (χ0n) is 30.8. The maximum Gasteiger partial charge on any atom is 0.0619 e. The zero-order valence-corrected chi connectivity index (χ0v) is 30.8. The standard InChI is InChI=1S/C52H41N3/c1-2-3-21-50(54)47-31-30-42(45-19-11-12-20-46(45)47)36-23-27-43-37(33-36)25-29-49-48-28-24-38(34-51(48)55(52(43)49)39-15-7-4-8-16-39)41-26-22-35(14-6-5-13-32-53)40-17-9-10-18-44(40)41/h2-13,15-34H,14,53-54H2,1H3/b3-2-,6-5-,32-13-,50-21-. The Bertz CT molecular complexity index is 3030. The Morgan fingerprint density at radius 1 is 0.564 bits per heavy atom. The van der Waals surface area contributed by atoms with Crippen molar-refractivity contribution in [2.45, 2.75) is 13.3 Å². The third-order valence-corrected chi connectivity index (χ3v) is 10.8. The number of rotatable bonds is 8. The third kappa shape index (κ3) is 5.97. The van der Waals surface area contributed by atoms with E-state index < -0.39 is 0 Å². The molecule has 0 saturated heterocycles. The SMILES string of the molecule is C/C=C\C=C(/N)c1ccc(-c2ccc3c(ccc4c5ccc(-c6ccc(C/C=C\C=C/N)c7ccccc67)cc5n(-c5ccccc5)c34)c2)c2ccccc12. The van der Waals surface area contributed by atoms with Crippen LogP contribution in [0.2, 0.25) is 0 Å². The van der Waals surface area contributed by atoms with Crippen LogP contribution in [0.3, 0.4) is 0 Å². The van der Waals surface area contributed by atoms with E-state index >= 15 is 0 Å². The Labute approximate surface area is 321 Å². The molecule has 264 valence electrons. The molecule has 0 aliphatic heterocycles. The highest BCUT2D eigenvalue weighted by atomic mass is 15.0. The number of allylic oxidation sites excluding steroid dienone is 6. The van der Waals surface area contributed by atoms with Gasteiger partial charge in [-0.2, -0.15) is 0 Å². The van der Waals surface area contributed by atoms with Crippen LogP contribution >= 0.6 is 0 Å². The van der Waals surface area contributed by atoms with Gasteiger partial charge in [0, 0.05) is 33.1 Å². The Morgan fingerprint density at radius 2 is 1.22 bits per heavy atom. The lowest BCUT2D eigenvalue weighted by atomic mass is 9.92. The van der Waals surface area contributed by atoms with Crippen molar-refractivity contribution in [2.24, 2.45) is 11.5 Å². The fourth-order valence-corrected chi connectivity index (χ4v) is 8.24. The fourth-order valence-electron chi connectivity index (χ4n) is 8.24. The number of nitrogens with zero attached hydrogens (tertiary/aromatic N) is 1. The molecular weight excluding hydrogens is 667 g/mol. The molecule has 0 aliphatic carbocycles. The van der Waals surface area contributed by atoms with Crippen LogP contribution in [-0.2, 0) is 6.42 Å². The lowest BCUT2D eigenvalue weighted by molar-refractivity contribution is 1.19. The predicted molar refractivity (Wildman–Crippen MR) is 237 cm³/mol. The van der Waals surface area contributed by atoms with Crippen LogP contribution < -0.4 is 11.5 Å². The van der Waals surface area contributed by atoms with Crippen LogP contribution in [0.15, 0.2) is 194 Å². The van der Waals surface area contributed by atoms with E-state index in [1.165, 1.54) is 76.6 Å². The number of hydrogen-bond donors (Lipinski definition) is 2. The third-order valence-electron chi connectivity index (χ3n) is 10.8. The van der Waals surface area contributed by atoms with Gasteiger partial charge in [-0.05, 0) is 111 Å². The quantitative estimate of drug-likeness (QED) is 0.154. The second-order valence-electron chi connectivity index (χ2n) is 14.0. The lowest BCUT2D eigenvalue weighted by Gasteiger charge is -2.14. The van der Waals surface area contributed by atoms with Gasteiger partial charge in [-0.1, -0.05) is 152 Å². The second kappa shape index (κ2) is 14.4. The molecule has 3 heteroatoms. The van der Waals surface area contributed by atoms with Gasteiger partial charge in [0.15, 0.2) is 0 Å². The molecule has 1 aromatic heterocycles. The summed E-state index contributed by atoms with van der Waals surface area (Å²) in [6.07, 6.45) is 14.4. The first-order chi connectivity index (χ1) is 27.1. The van der Waals surface area contributed by atoms with Gasteiger partial charge in [-0.3, -0.25) is 0 Å². The number of para-hydroxylation sites is 1. The highest BCUT2D eigenvalue weighted by Crippen LogP contribution is 2.41. The minimum atomic E-state index is 0.758. The molecule has 0 spiro atoms. The van der Waals surface area contributed by atoms with E-state index in [0.29, 0.717) is 0 Å². The summed E-state index contributed by atoms with van der Waals surface area (Å²) < 4.78 is 2.45. The molecule has 0 amide bonds. The summed E-state index contributed by atoms with van der Waals surface area (Å²) >= 11 is 0. The van der Waals surface area contributed by atoms with Gasteiger partial charge in [-0.15, -0.1) is 0 Å². The Morgan fingerprint density at radius 3 is 1.98 bits per heavy atom. The minimum Gasteiger partial charge on any atom is -0.405 e. The van der Waals surface area contributed by atoms with Gasteiger partial charge < -0.3 is 16.0 Å². The molecule has 9 rings (SSSR count). The van der Waals surface area contributed by atoms with E-state index in [9.17, 15) is 0 Å². The fraction of sp³-hybridized carbons (Fsp3) is 0.0385. The van der Waals surface area contributed by atoms with E-state index in [1.54, 1.807) is 6.20 Å². The zero-order chi connectivity index (χ0) is 37.3. The summed E-state index contributed by atoms with van der Waals surface area (Å²) in [5.74, 6) is 0. The molecule has 0 bridgehead atoms. The first-order valence-corrected chi connectivity index (χ1v) is 18.9. The topological polar surface area (TPSA) is 57.0 Å². The molecule has 0 saturated carbocycles. The first-order valence-electron chi connectivity index (χ1n) is 18.9. The molecule has 0 fully saturated rings. The molecule has 1 heterocycles. The van der Waals surface area contributed by atoms with Crippen LogP contribution in [-0.4, -0.2) is 4.57 Å². The molecule has 4 N–H and O–H groups in total. The summed E-state index contributed by atoms with van der Waals surface area (Å²) in [6.45, 7) is 2.00. The van der Waals surface area contributed by atoms with Crippen molar-refractivity contribution in [3.8, 4) is 27.9 Å². The van der Waals surface area contributed by atoms with Gasteiger partial charge in [0.25, 0.3) is 0 Å². The van der Waals surface area contributed by atoms with Crippen LogP contribution in [0.25, 0.3) is 87.8 Å². The Kier molecular flexibility index (Phi) is 8.81. The molecule has 0 aliphatic rings. The van der Waals surface area contributed by atoms with Crippen molar-refractivity contribution in [1.82, 2.24) is 4.57 Å². The molecule has 3 nitrogen and oxygen atoms in total. The van der Waals surface area contributed by atoms with E-state index in [0.717, 1.165) is 28.8 Å². The number of nitrogens with two attached hydrogens (primary N) is 2. The summed E-state index contributed by atoms with van der Waals surface area (Å²) in [5.41, 5.74) is 23.5. The highest BCUT2D eigenvalue weighted by molar-refractivity contribution is 6.20. The first kappa shape index (κ1) is 33.7. The lowest BCUT2D eigenvalue weighted by Crippen LogP contribution is -1.97. The van der Waals surface area contributed by atoms with E-state index in [4.69, 9.17) is 11.5 Å². The van der Waals surface area contributed by atoms with Crippen molar-refractivity contribution in [3.05, 3.63) is 205 Å². The van der Waals surface area contributed by atoms with Crippen LogP contribution in [0.1, 0.15) is 18.1 Å². The van der Waals surface area contributed by atoms with Crippen molar-refractivity contribution in [3.63, 3.8) is 0 Å². The van der Waals surface area contributed by atoms with Crippen LogP contribution in [0.4, 0.5) is 0 Å². The van der Waals surface area contributed by atoms with Crippen molar-refractivity contribution >= 4 is 59.8 Å². The van der Waals surface area contributed by atoms with Gasteiger partial charge in [0.1, 0.15) is 0 Å². The van der Waals surface area contributed by atoms with E-state index in [1.807, 2.05) is 37.3 Å². The van der Waals surface area contributed by atoms with E-state index in [2.05, 4.69) is 162 Å². The van der Waals surface area contributed by atoms with Gasteiger partial charge in [0.2, 0.25) is 0 Å². The van der Waals surface area contributed by atoms with Gasteiger partial charge >= 0.3 is 0 Å². The summed E-state index contributed by atoms with van der Waals surface area (Å²) in [6, 6.07) is 55.4. The van der Waals surface area contributed by atoms with E-state index in [-0.39, 0.29) is 0 Å². The predicted octanol–water partition coefficient (Wildman–Crippen LogP) is 13.0. The smallest absolute Gasteiger partial charge is 0.0619 e. The molecule has 0 unspecified atom stereocenters. The van der Waals surface area contributed by atoms with Crippen LogP contribution in [0, 0.1) is 0 Å². The highest BCUT2D eigenvalue weighted by Gasteiger charge is 2.18. The maximum atomic E-state index is 6.55. The molecular formula is C52H41N3. The van der Waals surface area contributed by atoms with Crippen molar-refractivity contribution in [2.75, 3.05) is 0 Å². The number of hydrogen-bond acceptors (Lipinski definition) is 2. The molecule has 9 aromatic rings. The molecule has 0 atom stereocenters. The van der Waals surface area contributed by atoms with Crippen molar-refractivity contribution in [1.29, 1.82) is 0 Å². The Hall–Kier alpha value is -7.10. The molecule has 55 heavy (non-hydrogen) atoms. The second-order valence-corrected chi connectivity index (χ2v) is 14.0. The molecule has 0 radical (unpaired) electrons. The maximum absolute atomic E-state index is 6.55. The normalized spacial score (nSPS) is 12.6. The number of benzene rings is 8. The summed E-state index contributed by atoms with van der Waals surface area (Å²) in [7, 11) is 0. The Balaban J connectivity index is 1.22. The number of aromatic nitrogens is 1. The largest absolute Gasteiger partial charge is 0.405 e. The van der Waals surface area contributed by atoms with Crippen molar-refractivity contribution < 1.29 is 0 Å². The van der Waals surface area contributed by atoms with Crippen LogP contribution in [0.5, 0.6) is 0 Å². The molecule has 8 aromatic carbocycles. The number of fused-ring (bicyclic) bond motifs is 7.